The first-order valence-electron chi connectivity index (χ1n) is 14.9. The molecule has 2 heterocycles. The van der Waals surface area contributed by atoms with E-state index in [9.17, 15) is 18.3 Å². The molecule has 1 saturated heterocycles. The SMILES string of the molecule is CCOc1ccc(S(=O)(=O)N2C[C@@H](C)[C@@H](n3nc(CC(=O)O)c4ccc(C5=C(C6CCC6)CCCC5)cc43)C2)cc1. The Bertz CT molecular complexity index is 1590. The highest BCUT2D eigenvalue weighted by Gasteiger charge is 2.39. The highest BCUT2D eigenvalue weighted by Crippen LogP contribution is 2.44. The maximum Gasteiger partial charge on any atom is 0.309 e. The van der Waals surface area contributed by atoms with E-state index in [1.807, 2.05) is 24.6 Å². The molecule has 1 aliphatic heterocycles. The van der Waals surface area contributed by atoms with Gasteiger partial charge in [-0.05, 0) is 98.8 Å². The van der Waals surface area contributed by atoms with Crippen LogP contribution in [0, 0.1) is 11.8 Å². The number of aromatic nitrogens is 2. The number of carboxylic acid groups (broad SMARTS) is 1. The largest absolute Gasteiger partial charge is 0.494 e. The molecule has 8 nitrogen and oxygen atoms in total. The summed E-state index contributed by atoms with van der Waals surface area (Å²) in [6.45, 7) is 5.09. The zero-order valence-corrected chi connectivity index (χ0v) is 24.7. The van der Waals surface area contributed by atoms with Gasteiger partial charge in [0.1, 0.15) is 5.75 Å². The molecule has 0 amide bonds. The van der Waals surface area contributed by atoms with Gasteiger partial charge in [0, 0.05) is 18.5 Å². The van der Waals surface area contributed by atoms with Gasteiger partial charge in [0.2, 0.25) is 10.0 Å². The van der Waals surface area contributed by atoms with Crippen LogP contribution >= 0.6 is 0 Å². The summed E-state index contributed by atoms with van der Waals surface area (Å²) in [5, 5.41) is 15.3. The first-order chi connectivity index (χ1) is 19.8. The highest BCUT2D eigenvalue weighted by atomic mass is 32.2. The van der Waals surface area contributed by atoms with Crippen molar-refractivity contribution in [2.24, 2.45) is 11.8 Å². The quantitative estimate of drug-likeness (QED) is 0.331. The summed E-state index contributed by atoms with van der Waals surface area (Å²) in [5.41, 5.74) is 5.68. The molecule has 0 bridgehead atoms. The summed E-state index contributed by atoms with van der Waals surface area (Å²) in [5.74, 6) is 0.403. The lowest BCUT2D eigenvalue weighted by molar-refractivity contribution is -0.136. The third-order valence-corrected chi connectivity index (χ3v) is 11.0. The number of aliphatic carboxylic acids is 1. The summed E-state index contributed by atoms with van der Waals surface area (Å²) in [6, 6.07) is 12.7. The van der Waals surface area contributed by atoms with Crippen LogP contribution in [-0.2, 0) is 21.2 Å². The summed E-state index contributed by atoms with van der Waals surface area (Å²) in [4.78, 5) is 12.0. The Morgan fingerprint density at radius 1 is 1.05 bits per heavy atom. The molecule has 218 valence electrons. The van der Waals surface area contributed by atoms with Gasteiger partial charge in [-0.15, -0.1) is 0 Å². The van der Waals surface area contributed by atoms with Crippen LogP contribution in [0.5, 0.6) is 5.75 Å². The average Bonchev–Trinajstić information content (AvgIpc) is 3.48. The van der Waals surface area contributed by atoms with Crippen LogP contribution in [0.1, 0.15) is 76.1 Å². The Hall–Kier alpha value is -3.17. The number of carboxylic acids is 1. The van der Waals surface area contributed by atoms with E-state index >= 15 is 0 Å². The Balaban J connectivity index is 1.37. The maximum absolute atomic E-state index is 13.6. The summed E-state index contributed by atoms with van der Waals surface area (Å²) < 4.78 is 36.1. The number of carbonyl (C=O) groups is 1. The zero-order chi connectivity index (χ0) is 28.7. The van der Waals surface area contributed by atoms with Crippen LogP contribution < -0.4 is 4.74 Å². The van der Waals surface area contributed by atoms with Crippen molar-refractivity contribution >= 4 is 32.5 Å². The molecule has 41 heavy (non-hydrogen) atoms. The molecule has 0 unspecified atom stereocenters. The van der Waals surface area contributed by atoms with Crippen LogP contribution in [0.3, 0.4) is 0 Å². The molecule has 1 N–H and O–H groups in total. The Kier molecular flexibility index (Phi) is 7.68. The molecule has 2 fully saturated rings. The molecule has 2 aliphatic carbocycles. The van der Waals surface area contributed by atoms with E-state index in [2.05, 4.69) is 12.1 Å². The Labute approximate surface area is 242 Å². The van der Waals surface area contributed by atoms with Crippen molar-refractivity contribution in [3.05, 3.63) is 59.3 Å². The molecule has 6 rings (SSSR count). The van der Waals surface area contributed by atoms with Gasteiger partial charge in [0.25, 0.3) is 0 Å². The van der Waals surface area contributed by atoms with Gasteiger partial charge in [-0.3, -0.25) is 9.48 Å². The normalized spacial score (nSPS) is 22.3. The zero-order valence-electron chi connectivity index (χ0n) is 23.9. The van der Waals surface area contributed by atoms with Crippen LogP contribution in [0.25, 0.3) is 16.5 Å². The van der Waals surface area contributed by atoms with Crippen LogP contribution in [0.2, 0.25) is 0 Å². The van der Waals surface area contributed by atoms with E-state index in [0.717, 1.165) is 17.3 Å². The molecule has 1 aromatic heterocycles. The number of rotatable bonds is 9. The summed E-state index contributed by atoms with van der Waals surface area (Å²) in [6.07, 6.45) is 8.36. The van der Waals surface area contributed by atoms with Gasteiger partial charge >= 0.3 is 5.97 Å². The summed E-state index contributed by atoms with van der Waals surface area (Å²) in [7, 11) is -3.71. The van der Waals surface area contributed by atoms with E-state index in [1.165, 1.54) is 54.0 Å². The monoisotopic (exact) mass is 577 g/mol. The van der Waals surface area contributed by atoms with Crippen LogP contribution in [0.4, 0.5) is 0 Å². The first kappa shape index (κ1) is 28.0. The molecule has 3 aromatic rings. The molecular weight excluding hydrogens is 538 g/mol. The number of sulfonamides is 1. The number of hydrogen-bond acceptors (Lipinski definition) is 5. The van der Waals surface area contributed by atoms with E-state index in [-0.39, 0.29) is 29.8 Å². The molecule has 2 atom stereocenters. The van der Waals surface area contributed by atoms with Gasteiger partial charge < -0.3 is 9.84 Å². The molecule has 2 aromatic carbocycles. The fourth-order valence-corrected chi connectivity index (χ4v) is 8.39. The van der Waals surface area contributed by atoms with Crippen molar-refractivity contribution in [3.63, 3.8) is 0 Å². The predicted octanol–water partition coefficient (Wildman–Crippen LogP) is 6.07. The molecule has 0 radical (unpaired) electrons. The van der Waals surface area contributed by atoms with Gasteiger partial charge in [0.15, 0.2) is 0 Å². The number of ether oxygens (including phenoxy) is 1. The van der Waals surface area contributed by atoms with Gasteiger partial charge in [-0.1, -0.05) is 31.1 Å². The predicted molar refractivity (Wildman–Crippen MR) is 158 cm³/mol. The number of hydrogen-bond donors (Lipinski definition) is 1. The lowest BCUT2D eigenvalue weighted by Crippen LogP contribution is -2.29. The second kappa shape index (κ2) is 11.2. The van der Waals surface area contributed by atoms with Crippen molar-refractivity contribution in [2.45, 2.75) is 76.2 Å². The van der Waals surface area contributed by atoms with Crippen molar-refractivity contribution in [2.75, 3.05) is 19.7 Å². The fourth-order valence-electron chi connectivity index (χ4n) is 6.83. The van der Waals surface area contributed by atoms with Crippen molar-refractivity contribution in [1.82, 2.24) is 14.1 Å². The number of allylic oxidation sites excluding steroid dienone is 2. The molecular formula is C32H39N3O5S. The minimum atomic E-state index is -3.71. The maximum atomic E-state index is 13.6. The smallest absolute Gasteiger partial charge is 0.309 e. The van der Waals surface area contributed by atoms with E-state index in [4.69, 9.17) is 9.84 Å². The van der Waals surface area contributed by atoms with Crippen LogP contribution in [-0.4, -0.2) is 53.3 Å². The molecule has 0 spiro atoms. The van der Waals surface area contributed by atoms with Crippen molar-refractivity contribution in [3.8, 4) is 5.75 Å². The molecule has 3 aliphatic rings. The second-order valence-electron chi connectivity index (χ2n) is 11.8. The third-order valence-electron chi connectivity index (χ3n) is 9.19. The van der Waals surface area contributed by atoms with Gasteiger partial charge in [0.05, 0.1) is 35.2 Å². The lowest BCUT2D eigenvalue weighted by atomic mass is 9.72. The van der Waals surface area contributed by atoms with Gasteiger partial charge in [-0.2, -0.15) is 9.40 Å². The van der Waals surface area contributed by atoms with E-state index in [0.29, 0.717) is 30.5 Å². The summed E-state index contributed by atoms with van der Waals surface area (Å²) >= 11 is 0. The first-order valence-corrected chi connectivity index (χ1v) is 16.4. The third kappa shape index (κ3) is 5.30. The standard InChI is InChI=1S/C32H39N3O5S/c1-3-40-24-12-14-25(15-13-24)41(38,39)34-19-21(2)31(20-34)35-30-17-23(11-16-28(30)29(33-35)18-32(36)37)27-10-5-4-9-26(27)22-7-6-8-22/h11-17,21-22,31H,3-10,18-20H2,1-2H3,(H,36,37)/t21-,31+/m1/s1. The second-order valence-corrected chi connectivity index (χ2v) is 13.7. The Morgan fingerprint density at radius 2 is 1.80 bits per heavy atom. The topological polar surface area (TPSA) is 102 Å². The van der Waals surface area contributed by atoms with E-state index < -0.39 is 16.0 Å². The Morgan fingerprint density at radius 3 is 2.49 bits per heavy atom. The lowest BCUT2D eigenvalue weighted by Gasteiger charge is -2.33. The highest BCUT2D eigenvalue weighted by molar-refractivity contribution is 7.89. The van der Waals surface area contributed by atoms with Crippen LogP contribution in [0.15, 0.2) is 52.9 Å². The molecule has 1 saturated carbocycles. The average molecular weight is 578 g/mol. The van der Waals surface area contributed by atoms with Crippen molar-refractivity contribution in [1.29, 1.82) is 0 Å². The molecule has 9 heteroatoms. The van der Waals surface area contributed by atoms with Gasteiger partial charge in [-0.25, -0.2) is 8.42 Å². The van der Waals surface area contributed by atoms with E-state index in [1.54, 1.807) is 29.8 Å². The number of fused-ring (bicyclic) bond motifs is 1. The fraction of sp³-hybridized carbons (Fsp3) is 0.500. The minimum Gasteiger partial charge on any atom is -0.494 e. The minimum absolute atomic E-state index is 0.00339. The van der Waals surface area contributed by atoms with Crippen molar-refractivity contribution < 1.29 is 23.1 Å². The number of nitrogens with zero attached hydrogens (tertiary/aromatic N) is 3. The number of benzene rings is 2.